The number of fused-ring (bicyclic) bond motifs is 1. The van der Waals surface area contributed by atoms with E-state index >= 15 is 0 Å². The van der Waals surface area contributed by atoms with Crippen molar-refractivity contribution in [1.82, 2.24) is 0 Å². The normalized spacial score (nSPS) is 38.0. The molecule has 3 heteroatoms. The highest BCUT2D eigenvalue weighted by Crippen LogP contribution is 2.50. The zero-order valence-electron chi connectivity index (χ0n) is 13.0. The van der Waals surface area contributed by atoms with Crippen LogP contribution in [0.4, 0.5) is 0 Å². The quantitative estimate of drug-likeness (QED) is 0.817. The number of aliphatic hydroxyl groups excluding tert-OH is 1. The number of ether oxygens (including phenoxy) is 2. The molecule has 1 heterocycles. The Morgan fingerprint density at radius 2 is 2.10 bits per heavy atom. The molecule has 21 heavy (non-hydrogen) atoms. The summed E-state index contributed by atoms with van der Waals surface area (Å²) in [5.41, 5.74) is 0.807. The molecule has 0 radical (unpaired) electrons. The lowest BCUT2D eigenvalue weighted by Crippen LogP contribution is -2.48. The molecule has 1 aromatic carbocycles. The molecular weight excluding hydrogens is 264 g/mol. The van der Waals surface area contributed by atoms with Crippen molar-refractivity contribution in [2.45, 2.75) is 70.1 Å². The summed E-state index contributed by atoms with van der Waals surface area (Å²) in [6.45, 7) is 4.85. The molecule has 2 aliphatic rings. The van der Waals surface area contributed by atoms with Crippen LogP contribution in [0.2, 0.25) is 0 Å². The average molecular weight is 290 g/mol. The Kier molecular flexibility index (Phi) is 4.34. The first-order valence-corrected chi connectivity index (χ1v) is 8.15. The summed E-state index contributed by atoms with van der Waals surface area (Å²) in [5.74, 6) is 0.295. The van der Waals surface area contributed by atoms with E-state index in [4.69, 9.17) is 9.47 Å². The van der Waals surface area contributed by atoms with E-state index in [9.17, 15) is 5.11 Å². The Morgan fingerprint density at radius 1 is 1.33 bits per heavy atom. The lowest BCUT2D eigenvalue weighted by atomic mass is 9.76. The summed E-state index contributed by atoms with van der Waals surface area (Å²) < 4.78 is 12.0. The number of epoxide rings is 1. The SMILES string of the molecule is CCCC[C@H]1[C@H]2O[C@H]2[C@](C)(OCc2ccccc2)C[C@H]1O. The number of benzene rings is 1. The molecule has 2 fully saturated rings. The van der Waals surface area contributed by atoms with Crippen molar-refractivity contribution in [2.24, 2.45) is 5.92 Å². The van der Waals surface area contributed by atoms with Crippen molar-refractivity contribution in [2.75, 3.05) is 0 Å². The van der Waals surface area contributed by atoms with E-state index in [0.717, 1.165) is 12.8 Å². The minimum Gasteiger partial charge on any atom is -0.393 e. The van der Waals surface area contributed by atoms with Crippen LogP contribution in [-0.2, 0) is 16.1 Å². The second-order valence-electron chi connectivity index (χ2n) is 6.69. The van der Waals surface area contributed by atoms with E-state index in [1.54, 1.807) is 0 Å². The van der Waals surface area contributed by atoms with Crippen molar-refractivity contribution in [3.8, 4) is 0 Å². The molecule has 0 bridgehead atoms. The standard InChI is InChI=1S/C18H26O3/c1-3-4-10-14-15(19)11-18(2,17-16(14)21-17)20-12-13-8-6-5-7-9-13/h5-9,14-17,19H,3-4,10-12H2,1-2H3/t14-,15-,16-,17-,18-/m1/s1. The van der Waals surface area contributed by atoms with Crippen LogP contribution < -0.4 is 0 Å². The van der Waals surface area contributed by atoms with E-state index in [2.05, 4.69) is 26.0 Å². The van der Waals surface area contributed by atoms with Gasteiger partial charge in [0.25, 0.3) is 0 Å². The lowest BCUT2D eigenvalue weighted by molar-refractivity contribution is -0.102. The van der Waals surface area contributed by atoms with Crippen molar-refractivity contribution in [3.63, 3.8) is 0 Å². The van der Waals surface area contributed by atoms with Crippen molar-refractivity contribution >= 4 is 0 Å². The van der Waals surface area contributed by atoms with Crippen molar-refractivity contribution < 1.29 is 14.6 Å². The second-order valence-corrected chi connectivity index (χ2v) is 6.69. The van der Waals surface area contributed by atoms with Gasteiger partial charge in [-0.15, -0.1) is 0 Å². The maximum atomic E-state index is 10.5. The van der Waals surface area contributed by atoms with Crippen LogP contribution in [0.25, 0.3) is 0 Å². The molecule has 0 amide bonds. The third-order valence-electron chi connectivity index (χ3n) is 4.96. The van der Waals surface area contributed by atoms with E-state index in [1.807, 2.05) is 18.2 Å². The number of rotatable bonds is 6. The van der Waals surface area contributed by atoms with Crippen LogP contribution in [0.3, 0.4) is 0 Å². The van der Waals surface area contributed by atoms with E-state index in [0.29, 0.717) is 18.9 Å². The van der Waals surface area contributed by atoms with E-state index in [-0.39, 0.29) is 23.9 Å². The molecule has 116 valence electrons. The number of hydrogen-bond acceptors (Lipinski definition) is 3. The highest BCUT2D eigenvalue weighted by atomic mass is 16.6. The average Bonchev–Trinajstić information content (AvgIpc) is 3.28. The van der Waals surface area contributed by atoms with Gasteiger partial charge < -0.3 is 14.6 Å². The first-order valence-electron chi connectivity index (χ1n) is 8.15. The maximum Gasteiger partial charge on any atom is 0.113 e. The van der Waals surface area contributed by atoms with E-state index < -0.39 is 0 Å². The molecule has 1 N–H and O–H groups in total. The van der Waals surface area contributed by atoms with Gasteiger partial charge in [-0.25, -0.2) is 0 Å². The Hall–Kier alpha value is -0.900. The van der Waals surface area contributed by atoms with Crippen LogP contribution in [0, 0.1) is 5.92 Å². The maximum absolute atomic E-state index is 10.5. The molecule has 1 saturated carbocycles. The van der Waals surface area contributed by atoms with Crippen LogP contribution in [0.1, 0.15) is 45.1 Å². The van der Waals surface area contributed by atoms with Gasteiger partial charge in [-0.2, -0.15) is 0 Å². The zero-order valence-corrected chi connectivity index (χ0v) is 13.0. The number of aliphatic hydroxyl groups is 1. The Balaban J connectivity index is 1.60. The van der Waals surface area contributed by atoms with Gasteiger partial charge in [0.1, 0.15) is 6.10 Å². The first kappa shape index (κ1) is 15.0. The van der Waals surface area contributed by atoms with Gasteiger partial charge in [0, 0.05) is 12.3 Å². The Morgan fingerprint density at radius 3 is 2.81 bits per heavy atom. The topological polar surface area (TPSA) is 42.0 Å². The van der Waals surface area contributed by atoms with Crippen LogP contribution in [-0.4, -0.2) is 29.0 Å². The van der Waals surface area contributed by atoms with Gasteiger partial charge in [-0.05, 0) is 18.9 Å². The lowest BCUT2D eigenvalue weighted by Gasteiger charge is -2.37. The van der Waals surface area contributed by atoms with Crippen LogP contribution >= 0.6 is 0 Å². The van der Waals surface area contributed by atoms with Gasteiger partial charge >= 0.3 is 0 Å². The fourth-order valence-electron chi connectivity index (χ4n) is 3.60. The summed E-state index contributed by atoms with van der Waals surface area (Å²) in [4.78, 5) is 0. The van der Waals surface area contributed by atoms with Gasteiger partial charge in [0.2, 0.25) is 0 Å². The van der Waals surface area contributed by atoms with Crippen LogP contribution in [0.5, 0.6) is 0 Å². The highest BCUT2D eigenvalue weighted by Gasteiger charge is 2.62. The van der Waals surface area contributed by atoms with Crippen molar-refractivity contribution in [1.29, 1.82) is 0 Å². The fraction of sp³-hybridized carbons (Fsp3) is 0.667. The van der Waals surface area contributed by atoms with Crippen molar-refractivity contribution in [3.05, 3.63) is 35.9 Å². The predicted molar refractivity (Wildman–Crippen MR) is 81.9 cm³/mol. The molecular formula is C18H26O3. The molecule has 0 unspecified atom stereocenters. The number of unbranched alkanes of at least 4 members (excludes halogenated alkanes) is 1. The number of hydrogen-bond donors (Lipinski definition) is 1. The monoisotopic (exact) mass is 290 g/mol. The first-order chi connectivity index (χ1) is 10.1. The van der Waals surface area contributed by atoms with Gasteiger partial charge in [0.15, 0.2) is 0 Å². The Labute approximate surface area is 127 Å². The third kappa shape index (κ3) is 3.15. The zero-order chi connectivity index (χ0) is 14.9. The highest BCUT2D eigenvalue weighted by molar-refractivity contribution is 5.15. The molecule has 1 saturated heterocycles. The molecule has 1 aliphatic carbocycles. The van der Waals surface area contributed by atoms with Gasteiger partial charge in [-0.3, -0.25) is 0 Å². The summed E-state index contributed by atoms with van der Waals surface area (Å²) in [6.07, 6.45) is 4.12. The van der Waals surface area contributed by atoms with Crippen LogP contribution in [0.15, 0.2) is 30.3 Å². The summed E-state index contributed by atoms with van der Waals surface area (Å²) in [6, 6.07) is 10.2. The third-order valence-corrected chi connectivity index (χ3v) is 4.96. The molecule has 3 rings (SSSR count). The molecule has 1 aliphatic heterocycles. The Bertz CT molecular complexity index is 459. The van der Waals surface area contributed by atoms with Gasteiger partial charge in [0.05, 0.1) is 24.4 Å². The summed E-state index contributed by atoms with van der Waals surface area (Å²) >= 11 is 0. The second kappa shape index (κ2) is 6.07. The smallest absolute Gasteiger partial charge is 0.113 e. The minimum atomic E-state index is -0.358. The van der Waals surface area contributed by atoms with E-state index in [1.165, 1.54) is 12.0 Å². The molecule has 5 atom stereocenters. The molecule has 3 nitrogen and oxygen atoms in total. The summed E-state index contributed by atoms with van der Waals surface area (Å²) in [5, 5.41) is 10.5. The predicted octanol–water partition coefficient (Wildman–Crippen LogP) is 3.30. The molecule has 0 spiro atoms. The molecule has 0 aromatic heterocycles. The fourth-order valence-corrected chi connectivity index (χ4v) is 3.60. The molecule has 1 aromatic rings. The minimum absolute atomic E-state index is 0.159. The largest absolute Gasteiger partial charge is 0.393 e. The summed E-state index contributed by atoms with van der Waals surface area (Å²) in [7, 11) is 0. The van der Waals surface area contributed by atoms with Gasteiger partial charge in [-0.1, -0.05) is 50.1 Å².